The second-order valence-electron chi connectivity index (χ2n) is 8.01. The maximum atomic E-state index is 13.6. The first-order valence-corrected chi connectivity index (χ1v) is 11.2. The van der Waals surface area contributed by atoms with Gasteiger partial charge in [0.25, 0.3) is 0 Å². The van der Waals surface area contributed by atoms with Crippen LogP contribution in [-0.2, 0) is 6.54 Å². The fourth-order valence-electron chi connectivity index (χ4n) is 4.27. The molecule has 1 atom stereocenters. The van der Waals surface area contributed by atoms with E-state index < -0.39 is 6.04 Å². The van der Waals surface area contributed by atoms with Crippen LogP contribution in [0.25, 0.3) is 22.0 Å². The number of anilines is 1. The van der Waals surface area contributed by atoms with Gasteiger partial charge >= 0.3 is 0 Å². The third-order valence-electron chi connectivity index (χ3n) is 5.93. The Morgan fingerprint density at radius 2 is 1.88 bits per heavy atom. The molecule has 34 heavy (non-hydrogen) atoms. The molecule has 5 aromatic rings. The zero-order valence-corrected chi connectivity index (χ0v) is 18.8. The van der Waals surface area contributed by atoms with Crippen molar-refractivity contribution in [3.63, 3.8) is 0 Å². The van der Waals surface area contributed by atoms with E-state index in [2.05, 4.69) is 15.3 Å². The molecule has 1 aliphatic heterocycles. The minimum absolute atomic E-state index is 0.113. The average Bonchev–Trinajstić information content (AvgIpc) is 3.47. The van der Waals surface area contributed by atoms with Crippen LogP contribution in [0.4, 0.5) is 5.69 Å². The molecule has 166 valence electrons. The standard InChI is InChI=1S/C26H19N5O2S/c32-24-18-8-4-5-9-22(18)33-14-19(24)23-25(27-13-16-6-2-1-3-7-16)30-26(34)31(23)17-10-11-20-21(12-17)29-15-28-20/h1-12,14-15,23H,13H2,(H,28,29)(H,27,30,34). The Kier molecular flexibility index (Phi) is 4.92. The van der Waals surface area contributed by atoms with Gasteiger partial charge in [0.05, 0.1) is 34.9 Å². The summed E-state index contributed by atoms with van der Waals surface area (Å²) in [6.07, 6.45) is 3.17. The second kappa shape index (κ2) is 8.24. The lowest BCUT2D eigenvalue weighted by atomic mass is 10.0. The highest BCUT2D eigenvalue weighted by molar-refractivity contribution is 7.80. The lowest BCUT2D eigenvalue weighted by Gasteiger charge is -2.24. The Labute approximate surface area is 199 Å². The first-order valence-electron chi connectivity index (χ1n) is 10.8. The number of fused-ring (bicyclic) bond motifs is 2. The molecule has 0 saturated carbocycles. The van der Waals surface area contributed by atoms with Gasteiger partial charge in [0, 0.05) is 5.69 Å². The van der Waals surface area contributed by atoms with E-state index >= 15 is 0 Å². The van der Waals surface area contributed by atoms with Gasteiger partial charge in [0.15, 0.2) is 10.5 Å². The number of para-hydroxylation sites is 1. The van der Waals surface area contributed by atoms with Crippen LogP contribution >= 0.6 is 12.2 Å². The molecule has 0 radical (unpaired) electrons. The Balaban J connectivity index is 1.51. The number of H-pyrrole nitrogens is 1. The molecule has 0 amide bonds. The van der Waals surface area contributed by atoms with Crippen LogP contribution in [0, 0.1) is 0 Å². The van der Waals surface area contributed by atoms with Crippen LogP contribution in [0.15, 0.2) is 99.6 Å². The normalized spacial score (nSPS) is 17.1. The summed E-state index contributed by atoms with van der Waals surface area (Å²) in [6, 6.07) is 22.4. The largest absolute Gasteiger partial charge is 0.464 e. The summed E-state index contributed by atoms with van der Waals surface area (Å²) in [4.78, 5) is 27.7. The Hall–Kier alpha value is -4.30. The van der Waals surface area contributed by atoms with Crippen LogP contribution < -0.4 is 15.6 Å². The number of aliphatic imine (C=N–C) groups is 1. The topological polar surface area (TPSA) is 86.5 Å². The molecule has 0 aliphatic carbocycles. The van der Waals surface area contributed by atoms with Gasteiger partial charge in [-0.1, -0.05) is 42.5 Å². The zero-order valence-electron chi connectivity index (χ0n) is 17.9. The molecule has 1 unspecified atom stereocenters. The van der Waals surface area contributed by atoms with E-state index in [4.69, 9.17) is 21.6 Å². The van der Waals surface area contributed by atoms with Gasteiger partial charge in [-0.2, -0.15) is 0 Å². The van der Waals surface area contributed by atoms with Crippen molar-refractivity contribution < 1.29 is 4.42 Å². The number of benzene rings is 3. The van der Waals surface area contributed by atoms with E-state index in [1.165, 1.54) is 6.26 Å². The summed E-state index contributed by atoms with van der Waals surface area (Å²) in [5.74, 6) is 0.598. The number of nitrogens with zero attached hydrogens (tertiary/aromatic N) is 3. The number of rotatable bonds is 4. The van der Waals surface area contributed by atoms with E-state index in [1.54, 1.807) is 18.5 Å². The number of imidazole rings is 1. The van der Waals surface area contributed by atoms with Gasteiger partial charge in [-0.05, 0) is 48.1 Å². The molecule has 1 saturated heterocycles. The maximum absolute atomic E-state index is 13.6. The third kappa shape index (κ3) is 3.45. The first-order chi connectivity index (χ1) is 16.7. The fourth-order valence-corrected chi connectivity index (χ4v) is 4.59. The molecule has 0 bridgehead atoms. The van der Waals surface area contributed by atoms with Gasteiger partial charge in [-0.15, -0.1) is 0 Å². The minimum Gasteiger partial charge on any atom is -0.464 e. The molecule has 1 aliphatic rings. The fraction of sp³-hybridized carbons (Fsp3) is 0.0769. The van der Waals surface area contributed by atoms with Gasteiger partial charge in [-0.3, -0.25) is 9.79 Å². The maximum Gasteiger partial charge on any atom is 0.198 e. The number of aromatic amines is 1. The van der Waals surface area contributed by atoms with Gasteiger partial charge in [-0.25, -0.2) is 4.98 Å². The third-order valence-corrected chi connectivity index (χ3v) is 6.23. The first kappa shape index (κ1) is 20.3. The molecule has 0 spiro atoms. The van der Waals surface area contributed by atoms with Crippen molar-refractivity contribution in [2.24, 2.45) is 4.99 Å². The highest BCUT2D eigenvalue weighted by Crippen LogP contribution is 2.33. The molecular formula is C26H19N5O2S. The van der Waals surface area contributed by atoms with Crippen LogP contribution in [0.2, 0.25) is 0 Å². The van der Waals surface area contributed by atoms with Crippen molar-refractivity contribution in [3.8, 4) is 0 Å². The van der Waals surface area contributed by atoms with Gasteiger partial charge in [0.1, 0.15) is 23.7 Å². The van der Waals surface area contributed by atoms with Crippen molar-refractivity contribution in [2.45, 2.75) is 12.6 Å². The molecule has 3 heterocycles. The van der Waals surface area contributed by atoms with Crippen molar-refractivity contribution in [3.05, 3.63) is 107 Å². The number of aromatic nitrogens is 2. The van der Waals surface area contributed by atoms with E-state index in [9.17, 15) is 4.79 Å². The SMILES string of the molecule is O=c1c(C2C(=NCc3ccccc3)NC(=S)N2c2ccc3nc[nH]c3c2)coc2ccccc12. The summed E-state index contributed by atoms with van der Waals surface area (Å²) >= 11 is 5.72. The lowest BCUT2D eigenvalue weighted by molar-refractivity contribution is 0.590. The summed E-state index contributed by atoms with van der Waals surface area (Å²) in [5, 5.41) is 4.22. The van der Waals surface area contributed by atoms with Crippen LogP contribution in [0.5, 0.6) is 0 Å². The Morgan fingerprint density at radius 1 is 1.06 bits per heavy atom. The summed E-state index contributed by atoms with van der Waals surface area (Å²) in [7, 11) is 0. The van der Waals surface area contributed by atoms with E-state index in [1.807, 2.05) is 65.6 Å². The molecule has 2 N–H and O–H groups in total. The highest BCUT2D eigenvalue weighted by atomic mass is 32.1. The van der Waals surface area contributed by atoms with Crippen molar-refractivity contribution in [2.75, 3.05) is 4.90 Å². The second-order valence-corrected chi connectivity index (χ2v) is 8.40. The smallest absolute Gasteiger partial charge is 0.198 e. The number of hydrogen-bond acceptors (Lipinski definition) is 5. The Morgan fingerprint density at radius 3 is 2.76 bits per heavy atom. The number of thiocarbonyl (C=S) groups is 1. The van der Waals surface area contributed by atoms with Gasteiger partial charge in [0.2, 0.25) is 0 Å². The van der Waals surface area contributed by atoms with Crippen molar-refractivity contribution in [1.82, 2.24) is 15.3 Å². The Bertz CT molecular complexity index is 1620. The van der Waals surface area contributed by atoms with Crippen LogP contribution in [-0.4, -0.2) is 20.9 Å². The quantitative estimate of drug-likeness (QED) is 0.374. The lowest BCUT2D eigenvalue weighted by Crippen LogP contribution is -2.31. The molecule has 3 aromatic carbocycles. The molecule has 2 aromatic heterocycles. The van der Waals surface area contributed by atoms with E-state index in [0.717, 1.165) is 22.3 Å². The molecular weight excluding hydrogens is 446 g/mol. The number of amidine groups is 1. The zero-order chi connectivity index (χ0) is 23.1. The van der Waals surface area contributed by atoms with Crippen molar-refractivity contribution >= 4 is 50.9 Å². The van der Waals surface area contributed by atoms with Gasteiger partial charge < -0.3 is 19.6 Å². The summed E-state index contributed by atoms with van der Waals surface area (Å²) in [6.45, 7) is 0.453. The van der Waals surface area contributed by atoms with Crippen molar-refractivity contribution in [1.29, 1.82) is 0 Å². The summed E-state index contributed by atoms with van der Waals surface area (Å²) in [5.41, 5.74) is 4.49. The van der Waals surface area contributed by atoms with Crippen LogP contribution in [0.3, 0.4) is 0 Å². The average molecular weight is 466 g/mol. The predicted molar refractivity (Wildman–Crippen MR) is 137 cm³/mol. The minimum atomic E-state index is -0.558. The monoisotopic (exact) mass is 465 g/mol. The van der Waals surface area contributed by atoms with Crippen LogP contribution in [0.1, 0.15) is 17.2 Å². The van der Waals surface area contributed by atoms with E-state index in [0.29, 0.717) is 34.0 Å². The molecule has 6 rings (SSSR count). The number of hydrogen-bond donors (Lipinski definition) is 2. The van der Waals surface area contributed by atoms with E-state index in [-0.39, 0.29) is 5.43 Å². The summed E-state index contributed by atoms with van der Waals surface area (Å²) < 4.78 is 5.86. The predicted octanol–water partition coefficient (Wildman–Crippen LogP) is 4.70. The number of nitrogens with one attached hydrogen (secondary N) is 2. The molecule has 1 fully saturated rings. The highest BCUT2D eigenvalue weighted by Gasteiger charge is 2.38. The molecule has 7 nitrogen and oxygen atoms in total. The molecule has 8 heteroatoms.